The average Bonchev–Trinajstić information content (AvgIpc) is 2.63. The van der Waals surface area contributed by atoms with Gasteiger partial charge in [0.2, 0.25) is 15.9 Å². The van der Waals surface area contributed by atoms with Gasteiger partial charge in [0.1, 0.15) is 12.4 Å². The van der Waals surface area contributed by atoms with Crippen molar-refractivity contribution in [3.05, 3.63) is 59.7 Å². The number of hydrogen-bond acceptors (Lipinski definition) is 4. The number of anilines is 1. The third-order valence-corrected chi connectivity index (χ3v) is 5.40. The van der Waals surface area contributed by atoms with Crippen LogP contribution in [-0.2, 0) is 14.8 Å². The van der Waals surface area contributed by atoms with E-state index >= 15 is 0 Å². The number of rotatable bonds is 10. The molecule has 0 fully saturated rings. The van der Waals surface area contributed by atoms with Crippen LogP contribution < -0.4 is 14.4 Å². The maximum Gasteiger partial charge on any atom is 0.232 e. The molecule has 7 heteroatoms. The maximum atomic E-state index is 12.2. The van der Waals surface area contributed by atoms with E-state index in [0.29, 0.717) is 25.3 Å². The molecule has 152 valence electrons. The van der Waals surface area contributed by atoms with Crippen LogP contribution in [0, 0.1) is 13.8 Å². The Morgan fingerprint density at radius 3 is 2.46 bits per heavy atom. The molecule has 0 aliphatic rings. The van der Waals surface area contributed by atoms with Gasteiger partial charge < -0.3 is 10.1 Å². The molecule has 0 saturated carbocycles. The third-order valence-electron chi connectivity index (χ3n) is 4.22. The monoisotopic (exact) mass is 404 g/mol. The van der Waals surface area contributed by atoms with Crippen molar-refractivity contribution in [3.63, 3.8) is 0 Å². The molecule has 0 bridgehead atoms. The largest absolute Gasteiger partial charge is 0.492 e. The second-order valence-electron chi connectivity index (χ2n) is 6.74. The highest BCUT2D eigenvalue weighted by atomic mass is 32.2. The van der Waals surface area contributed by atoms with Crippen LogP contribution in [0.1, 0.15) is 24.0 Å². The fourth-order valence-electron chi connectivity index (χ4n) is 2.90. The molecule has 0 radical (unpaired) electrons. The van der Waals surface area contributed by atoms with Gasteiger partial charge >= 0.3 is 0 Å². The average molecular weight is 405 g/mol. The summed E-state index contributed by atoms with van der Waals surface area (Å²) < 4.78 is 31.3. The summed E-state index contributed by atoms with van der Waals surface area (Å²) >= 11 is 0. The molecule has 0 atom stereocenters. The SMILES string of the molecule is Cc1ccc(N(CCCC(=O)NCCOc2ccccc2)S(C)(=O)=O)c(C)c1. The van der Waals surface area contributed by atoms with Crippen molar-refractivity contribution >= 4 is 21.6 Å². The lowest BCUT2D eigenvalue weighted by Gasteiger charge is -2.24. The van der Waals surface area contributed by atoms with E-state index in [2.05, 4.69) is 5.32 Å². The molecule has 0 unspecified atom stereocenters. The van der Waals surface area contributed by atoms with Crippen LogP contribution in [0.5, 0.6) is 5.75 Å². The molecule has 2 rings (SSSR count). The Bertz CT molecular complexity index is 883. The Labute approximate surface area is 167 Å². The number of para-hydroxylation sites is 1. The molecule has 2 aromatic carbocycles. The molecule has 1 amide bonds. The molecule has 0 spiro atoms. The van der Waals surface area contributed by atoms with E-state index in [-0.39, 0.29) is 18.9 Å². The Morgan fingerprint density at radius 1 is 1.11 bits per heavy atom. The van der Waals surface area contributed by atoms with E-state index in [9.17, 15) is 13.2 Å². The van der Waals surface area contributed by atoms with Crippen molar-refractivity contribution in [2.24, 2.45) is 0 Å². The van der Waals surface area contributed by atoms with Crippen LogP contribution in [0.4, 0.5) is 5.69 Å². The number of benzene rings is 2. The zero-order valence-electron chi connectivity index (χ0n) is 16.6. The van der Waals surface area contributed by atoms with Gasteiger partial charge in [-0.05, 0) is 44.0 Å². The van der Waals surface area contributed by atoms with Crippen LogP contribution in [-0.4, -0.2) is 40.3 Å². The number of nitrogens with one attached hydrogen (secondary N) is 1. The first-order valence-electron chi connectivity index (χ1n) is 9.27. The van der Waals surface area contributed by atoms with E-state index in [0.717, 1.165) is 16.9 Å². The van der Waals surface area contributed by atoms with Gasteiger partial charge in [0, 0.05) is 13.0 Å². The minimum Gasteiger partial charge on any atom is -0.492 e. The zero-order valence-corrected chi connectivity index (χ0v) is 17.5. The molecular formula is C21H28N2O4S. The first kappa shape index (κ1) is 21.8. The molecule has 1 N–H and O–H groups in total. The van der Waals surface area contributed by atoms with Gasteiger partial charge in [-0.3, -0.25) is 9.10 Å². The summed E-state index contributed by atoms with van der Waals surface area (Å²) in [5, 5.41) is 2.79. The lowest BCUT2D eigenvalue weighted by molar-refractivity contribution is -0.121. The van der Waals surface area contributed by atoms with Crippen LogP contribution >= 0.6 is 0 Å². The van der Waals surface area contributed by atoms with Crippen LogP contribution in [0.3, 0.4) is 0 Å². The van der Waals surface area contributed by atoms with E-state index in [4.69, 9.17) is 4.74 Å². The molecule has 0 aliphatic carbocycles. The molecule has 0 saturated heterocycles. The number of carbonyl (C=O) groups excluding carboxylic acids is 1. The standard InChI is InChI=1S/C21H28N2O4S/c1-17-11-12-20(18(2)16-17)23(28(3,25)26)14-7-10-21(24)22-13-15-27-19-8-5-4-6-9-19/h4-6,8-9,11-12,16H,7,10,13-15H2,1-3H3,(H,22,24). The van der Waals surface area contributed by atoms with E-state index in [1.54, 1.807) is 0 Å². The van der Waals surface area contributed by atoms with Gasteiger partial charge in [-0.15, -0.1) is 0 Å². The summed E-state index contributed by atoms with van der Waals surface area (Å²) in [4.78, 5) is 12.0. The Balaban J connectivity index is 1.79. The lowest BCUT2D eigenvalue weighted by Crippen LogP contribution is -2.33. The van der Waals surface area contributed by atoms with Crippen molar-refractivity contribution in [3.8, 4) is 5.75 Å². The molecule has 0 heterocycles. The summed E-state index contributed by atoms with van der Waals surface area (Å²) in [7, 11) is -3.42. The number of aryl methyl sites for hydroxylation is 2. The number of ether oxygens (including phenoxy) is 1. The van der Waals surface area contributed by atoms with Crippen LogP contribution in [0.2, 0.25) is 0 Å². The smallest absolute Gasteiger partial charge is 0.232 e. The van der Waals surface area contributed by atoms with Gasteiger partial charge in [-0.25, -0.2) is 8.42 Å². The van der Waals surface area contributed by atoms with Crippen molar-refractivity contribution in [2.45, 2.75) is 26.7 Å². The molecule has 0 aliphatic heterocycles. The zero-order chi connectivity index (χ0) is 20.6. The third kappa shape index (κ3) is 6.88. The molecule has 28 heavy (non-hydrogen) atoms. The predicted molar refractivity (Wildman–Crippen MR) is 112 cm³/mol. The second kappa shape index (κ2) is 10.1. The highest BCUT2D eigenvalue weighted by molar-refractivity contribution is 7.92. The first-order chi connectivity index (χ1) is 13.3. The summed E-state index contributed by atoms with van der Waals surface area (Å²) in [5.41, 5.74) is 2.63. The Morgan fingerprint density at radius 2 is 1.82 bits per heavy atom. The molecule has 6 nitrogen and oxygen atoms in total. The van der Waals surface area contributed by atoms with Crippen molar-refractivity contribution < 1.29 is 17.9 Å². The fourth-order valence-corrected chi connectivity index (χ4v) is 3.92. The van der Waals surface area contributed by atoms with Crippen LogP contribution in [0.25, 0.3) is 0 Å². The van der Waals surface area contributed by atoms with E-state index in [1.165, 1.54) is 10.6 Å². The second-order valence-corrected chi connectivity index (χ2v) is 8.65. The minimum absolute atomic E-state index is 0.120. The number of carbonyl (C=O) groups is 1. The van der Waals surface area contributed by atoms with E-state index < -0.39 is 10.0 Å². The quantitative estimate of drug-likeness (QED) is 0.618. The van der Waals surface area contributed by atoms with Gasteiger partial charge in [-0.2, -0.15) is 0 Å². The number of nitrogens with zero attached hydrogens (tertiary/aromatic N) is 1. The van der Waals surface area contributed by atoms with Crippen LogP contribution in [0.15, 0.2) is 48.5 Å². The lowest BCUT2D eigenvalue weighted by atomic mass is 10.1. The number of sulfonamides is 1. The number of hydrogen-bond donors (Lipinski definition) is 1. The van der Waals surface area contributed by atoms with Gasteiger partial charge in [0.15, 0.2) is 0 Å². The highest BCUT2D eigenvalue weighted by Crippen LogP contribution is 2.24. The summed E-state index contributed by atoms with van der Waals surface area (Å²) in [6.45, 7) is 4.90. The van der Waals surface area contributed by atoms with Crippen molar-refractivity contribution in [1.29, 1.82) is 0 Å². The van der Waals surface area contributed by atoms with Crippen molar-refractivity contribution in [1.82, 2.24) is 5.32 Å². The topological polar surface area (TPSA) is 75.7 Å². The molecular weight excluding hydrogens is 376 g/mol. The number of amides is 1. The van der Waals surface area contributed by atoms with Gasteiger partial charge in [0.05, 0.1) is 18.5 Å². The Kier molecular flexibility index (Phi) is 7.87. The van der Waals surface area contributed by atoms with Gasteiger partial charge in [0.25, 0.3) is 0 Å². The Hall–Kier alpha value is -2.54. The first-order valence-corrected chi connectivity index (χ1v) is 11.1. The maximum absolute atomic E-state index is 12.2. The summed E-state index contributed by atoms with van der Waals surface area (Å²) in [6.07, 6.45) is 1.88. The van der Waals surface area contributed by atoms with Crippen molar-refractivity contribution in [2.75, 3.05) is 30.3 Å². The molecule has 0 aromatic heterocycles. The highest BCUT2D eigenvalue weighted by Gasteiger charge is 2.19. The van der Waals surface area contributed by atoms with Gasteiger partial charge in [-0.1, -0.05) is 35.9 Å². The fraction of sp³-hybridized carbons (Fsp3) is 0.381. The molecule has 2 aromatic rings. The summed E-state index contributed by atoms with van der Waals surface area (Å²) in [6, 6.07) is 15.0. The summed E-state index contributed by atoms with van der Waals surface area (Å²) in [5.74, 6) is 0.639. The van der Waals surface area contributed by atoms with E-state index in [1.807, 2.05) is 62.4 Å². The predicted octanol–water partition coefficient (Wildman–Crippen LogP) is 3.04. The normalized spacial score (nSPS) is 11.1. The minimum atomic E-state index is -3.42.